The van der Waals surface area contributed by atoms with Gasteiger partial charge in [0.1, 0.15) is 5.75 Å². The van der Waals surface area contributed by atoms with Crippen LogP contribution in [0.15, 0.2) is 12.1 Å². The topological polar surface area (TPSA) is 58.6 Å². The molecule has 0 aliphatic carbocycles. The zero-order chi connectivity index (χ0) is 14.4. The molecule has 1 rings (SSSR count). The number of nitrogens with one attached hydrogen (secondary N) is 1. The number of amides is 1. The van der Waals surface area contributed by atoms with Crippen molar-refractivity contribution in [2.75, 3.05) is 13.2 Å². The van der Waals surface area contributed by atoms with Gasteiger partial charge in [-0.2, -0.15) is 0 Å². The summed E-state index contributed by atoms with van der Waals surface area (Å²) in [6, 6.07) is 3.86. The Morgan fingerprint density at radius 3 is 2.37 bits per heavy atom. The van der Waals surface area contributed by atoms with Crippen LogP contribution in [0.5, 0.6) is 5.75 Å². The molecule has 106 valence electrons. The molecule has 0 aromatic heterocycles. The van der Waals surface area contributed by atoms with Crippen molar-refractivity contribution >= 4 is 5.91 Å². The maximum absolute atomic E-state index is 11.7. The van der Waals surface area contributed by atoms with Crippen LogP contribution in [0.2, 0.25) is 0 Å². The third-order valence-electron chi connectivity index (χ3n) is 3.03. The second-order valence-electron chi connectivity index (χ2n) is 4.87. The van der Waals surface area contributed by atoms with Gasteiger partial charge in [-0.3, -0.25) is 4.79 Å². The lowest BCUT2D eigenvalue weighted by molar-refractivity contribution is -0.124. The Bertz CT molecular complexity index is 416. The molecule has 1 atom stereocenters. The summed E-state index contributed by atoms with van der Waals surface area (Å²) in [6.07, 6.45) is 0.699. The molecule has 1 aromatic rings. The smallest absolute Gasteiger partial charge is 0.258 e. The van der Waals surface area contributed by atoms with Crippen molar-refractivity contribution in [2.24, 2.45) is 0 Å². The number of benzene rings is 1. The minimum atomic E-state index is -0.208. The zero-order valence-electron chi connectivity index (χ0n) is 12.1. The molecular weight excluding hydrogens is 242 g/mol. The van der Waals surface area contributed by atoms with Crippen molar-refractivity contribution in [1.82, 2.24) is 5.32 Å². The minimum Gasteiger partial charge on any atom is -0.483 e. The second kappa shape index (κ2) is 7.14. The van der Waals surface area contributed by atoms with E-state index in [1.165, 1.54) is 5.56 Å². The van der Waals surface area contributed by atoms with E-state index in [-0.39, 0.29) is 25.2 Å². The Balaban J connectivity index is 2.60. The van der Waals surface area contributed by atoms with Gasteiger partial charge in [-0.25, -0.2) is 0 Å². The minimum absolute atomic E-state index is 0.0265. The Kier molecular flexibility index (Phi) is 5.83. The summed E-state index contributed by atoms with van der Waals surface area (Å²) in [4.78, 5) is 11.7. The molecule has 1 amide bonds. The van der Waals surface area contributed by atoms with Crippen molar-refractivity contribution in [3.05, 3.63) is 28.8 Å². The highest BCUT2D eigenvalue weighted by atomic mass is 16.5. The Morgan fingerprint density at radius 2 is 1.89 bits per heavy atom. The molecule has 2 N–H and O–H groups in total. The summed E-state index contributed by atoms with van der Waals surface area (Å²) < 4.78 is 5.58. The van der Waals surface area contributed by atoms with Crippen LogP contribution in [-0.2, 0) is 4.79 Å². The van der Waals surface area contributed by atoms with Gasteiger partial charge in [0.15, 0.2) is 6.61 Å². The summed E-state index contributed by atoms with van der Waals surface area (Å²) in [5, 5.41) is 11.7. The summed E-state index contributed by atoms with van der Waals surface area (Å²) in [5.41, 5.74) is 3.23. The normalized spacial score (nSPS) is 12.1. The van der Waals surface area contributed by atoms with Crippen LogP contribution in [0.25, 0.3) is 0 Å². The van der Waals surface area contributed by atoms with Crippen molar-refractivity contribution in [1.29, 1.82) is 0 Å². The highest BCUT2D eigenvalue weighted by molar-refractivity contribution is 5.78. The van der Waals surface area contributed by atoms with Crippen LogP contribution >= 0.6 is 0 Å². The number of carbonyl (C=O) groups excluding carboxylic acids is 1. The molecule has 0 heterocycles. The molecule has 0 unspecified atom stereocenters. The van der Waals surface area contributed by atoms with E-state index in [2.05, 4.69) is 5.32 Å². The number of aryl methyl sites for hydroxylation is 3. The molecule has 4 nitrogen and oxygen atoms in total. The third kappa shape index (κ3) is 4.56. The second-order valence-corrected chi connectivity index (χ2v) is 4.87. The van der Waals surface area contributed by atoms with E-state index >= 15 is 0 Å². The van der Waals surface area contributed by atoms with Crippen LogP contribution in [0.3, 0.4) is 0 Å². The van der Waals surface area contributed by atoms with Crippen LogP contribution in [0.1, 0.15) is 30.0 Å². The molecule has 0 saturated carbocycles. The summed E-state index contributed by atoms with van der Waals surface area (Å²) in [6.45, 7) is 7.80. The average Bonchev–Trinajstić information content (AvgIpc) is 2.34. The lowest BCUT2D eigenvalue weighted by atomic mass is 10.1. The van der Waals surface area contributed by atoms with Crippen LogP contribution in [-0.4, -0.2) is 30.3 Å². The molecule has 0 bridgehead atoms. The lowest BCUT2D eigenvalue weighted by Gasteiger charge is -2.16. The number of hydrogen-bond acceptors (Lipinski definition) is 3. The van der Waals surface area contributed by atoms with Gasteiger partial charge in [0.25, 0.3) is 5.91 Å². The number of rotatable bonds is 6. The van der Waals surface area contributed by atoms with E-state index in [9.17, 15) is 4.79 Å². The molecular formula is C15H23NO3. The molecule has 0 saturated heterocycles. The molecule has 1 aromatic carbocycles. The van der Waals surface area contributed by atoms with E-state index in [1.54, 1.807) is 0 Å². The molecule has 0 aliphatic rings. The van der Waals surface area contributed by atoms with Gasteiger partial charge in [0, 0.05) is 0 Å². The molecule has 0 radical (unpaired) electrons. The predicted octanol–water partition coefficient (Wildman–Crippen LogP) is 1.88. The van der Waals surface area contributed by atoms with Crippen molar-refractivity contribution in [2.45, 2.75) is 40.2 Å². The standard InChI is InChI=1S/C15H23NO3/c1-5-13(8-17)16-14(18)9-19-15-11(3)6-10(2)7-12(15)4/h6-7,13,17H,5,8-9H2,1-4H3,(H,16,18)/t13-/m0/s1. The van der Waals surface area contributed by atoms with Gasteiger partial charge >= 0.3 is 0 Å². The fourth-order valence-corrected chi connectivity index (χ4v) is 2.08. The highest BCUT2D eigenvalue weighted by Crippen LogP contribution is 2.24. The van der Waals surface area contributed by atoms with Gasteiger partial charge < -0.3 is 15.2 Å². The summed E-state index contributed by atoms with van der Waals surface area (Å²) >= 11 is 0. The quantitative estimate of drug-likeness (QED) is 0.825. The first-order valence-electron chi connectivity index (χ1n) is 6.58. The number of aliphatic hydroxyl groups excluding tert-OH is 1. The first-order valence-corrected chi connectivity index (χ1v) is 6.58. The number of aliphatic hydroxyl groups is 1. The van der Waals surface area contributed by atoms with Crippen LogP contribution < -0.4 is 10.1 Å². The maximum atomic E-state index is 11.7. The van der Waals surface area contributed by atoms with E-state index in [0.29, 0.717) is 6.42 Å². The van der Waals surface area contributed by atoms with Gasteiger partial charge in [-0.05, 0) is 38.3 Å². The SMILES string of the molecule is CC[C@@H](CO)NC(=O)COc1c(C)cc(C)cc1C. The fraction of sp³-hybridized carbons (Fsp3) is 0.533. The molecule has 0 fully saturated rings. The maximum Gasteiger partial charge on any atom is 0.258 e. The average molecular weight is 265 g/mol. The van der Waals surface area contributed by atoms with Gasteiger partial charge in [0.2, 0.25) is 0 Å². The van der Waals surface area contributed by atoms with E-state index < -0.39 is 0 Å². The first kappa shape index (κ1) is 15.5. The van der Waals surface area contributed by atoms with E-state index in [1.807, 2.05) is 39.8 Å². The van der Waals surface area contributed by atoms with E-state index in [4.69, 9.17) is 9.84 Å². The van der Waals surface area contributed by atoms with Crippen LogP contribution in [0.4, 0.5) is 0 Å². The molecule has 0 spiro atoms. The van der Waals surface area contributed by atoms with Crippen molar-refractivity contribution in [3.8, 4) is 5.75 Å². The summed E-state index contributed by atoms with van der Waals surface area (Å²) in [7, 11) is 0. The van der Waals surface area contributed by atoms with Gasteiger partial charge in [-0.1, -0.05) is 24.6 Å². The number of carbonyl (C=O) groups is 1. The predicted molar refractivity (Wildman–Crippen MR) is 75.5 cm³/mol. The van der Waals surface area contributed by atoms with Crippen LogP contribution in [0, 0.1) is 20.8 Å². The largest absolute Gasteiger partial charge is 0.483 e. The fourth-order valence-electron chi connectivity index (χ4n) is 2.08. The number of hydrogen-bond donors (Lipinski definition) is 2. The highest BCUT2D eigenvalue weighted by Gasteiger charge is 2.11. The molecule has 4 heteroatoms. The Labute approximate surface area is 114 Å². The number of ether oxygens (including phenoxy) is 1. The van der Waals surface area contributed by atoms with Crippen molar-refractivity contribution in [3.63, 3.8) is 0 Å². The molecule has 19 heavy (non-hydrogen) atoms. The van der Waals surface area contributed by atoms with E-state index in [0.717, 1.165) is 16.9 Å². The van der Waals surface area contributed by atoms with Gasteiger partial charge in [-0.15, -0.1) is 0 Å². The Morgan fingerprint density at radius 1 is 1.32 bits per heavy atom. The first-order chi connectivity index (χ1) is 8.97. The third-order valence-corrected chi connectivity index (χ3v) is 3.03. The summed E-state index contributed by atoms with van der Waals surface area (Å²) in [5.74, 6) is 0.554. The monoisotopic (exact) mass is 265 g/mol. The zero-order valence-corrected chi connectivity index (χ0v) is 12.1. The van der Waals surface area contributed by atoms with Gasteiger partial charge in [0.05, 0.1) is 12.6 Å². The lowest BCUT2D eigenvalue weighted by Crippen LogP contribution is -2.39. The Hall–Kier alpha value is -1.55. The van der Waals surface area contributed by atoms with Crippen molar-refractivity contribution < 1.29 is 14.6 Å². The molecule has 0 aliphatic heterocycles.